The molecular formula is C11H10FNO2S. The Morgan fingerprint density at radius 1 is 1.56 bits per heavy atom. The molecule has 3 nitrogen and oxygen atoms in total. The summed E-state index contributed by atoms with van der Waals surface area (Å²) in [6.07, 6.45) is 0. The molecule has 0 bridgehead atoms. The number of nitrogens with one attached hydrogen (secondary N) is 1. The summed E-state index contributed by atoms with van der Waals surface area (Å²) in [5.74, 6) is -0.554. The summed E-state index contributed by atoms with van der Waals surface area (Å²) in [5, 5.41) is 3.04. The summed E-state index contributed by atoms with van der Waals surface area (Å²) in [7, 11) is 1.49. The molecule has 0 atom stereocenters. The Kier molecular flexibility index (Phi) is 3.17. The lowest BCUT2D eigenvalue weighted by Gasteiger charge is -1.99. The first-order valence-electron chi connectivity index (χ1n) is 4.67. The van der Waals surface area contributed by atoms with Crippen molar-refractivity contribution in [3.05, 3.63) is 35.0 Å². The number of fused-ring (bicyclic) bond motifs is 1. The number of methoxy groups -OCH3 is 1. The lowest BCUT2D eigenvalue weighted by molar-refractivity contribution is 0.0876. The number of ether oxygens (including phenoxy) is 1. The van der Waals surface area contributed by atoms with Gasteiger partial charge in [0.1, 0.15) is 12.5 Å². The van der Waals surface area contributed by atoms with Crippen LogP contribution in [0.3, 0.4) is 0 Å². The minimum absolute atomic E-state index is 0.148. The van der Waals surface area contributed by atoms with Crippen molar-refractivity contribution in [1.29, 1.82) is 0 Å². The molecule has 1 heterocycles. The number of halogens is 1. The van der Waals surface area contributed by atoms with Crippen molar-refractivity contribution in [2.24, 2.45) is 0 Å². The first-order valence-corrected chi connectivity index (χ1v) is 5.49. The van der Waals surface area contributed by atoms with E-state index >= 15 is 0 Å². The maximum atomic E-state index is 13.4. The number of hydrogen-bond acceptors (Lipinski definition) is 3. The third kappa shape index (κ3) is 2.05. The van der Waals surface area contributed by atoms with Gasteiger partial charge < -0.3 is 10.1 Å². The van der Waals surface area contributed by atoms with Crippen molar-refractivity contribution in [2.45, 2.75) is 0 Å². The van der Waals surface area contributed by atoms with Crippen LogP contribution in [0.25, 0.3) is 10.1 Å². The van der Waals surface area contributed by atoms with Crippen LogP contribution in [0, 0.1) is 5.82 Å². The normalized spacial score (nSPS) is 10.6. The zero-order valence-corrected chi connectivity index (χ0v) is 9.44. The molecule has 0 aliphatic carbocycles. The summed E-state index contributed by atoms with van der Waals surface area (Å²) in [6.45, 7) is 0.148. The minimum atomic E-state index is -0.306. The molecule has 1 amide bonds. The topological polar surface area (TPSA) is 38.3 Å². The second kappa shape index (κ2) is 4.59. The van der Waals surface area contributed by atoms with Gasteiger partial charge in [0.15, 0.2) is 0 Å². The zero-order valence-electron chi connectivity index (χ0n) is 8.62. The summed E-state index contributed by atoms with van der Waals surface area (Å²) in [5.41, 5.74) is 0. The van der Waals surface area contributed by atoms with Crippen LogP contribution in [0.15, 0.2) is 24.3 Å². The van der Waals surface area contributed by atoms with Crippen molar-refractivity contribution in [3.63, 3.8) is 0 Å². The van der Waals surface area contributed by atoms with Gasteiger partial charge in [-0.2, -0.15) is 0 Å². The van der Waals surface area contributed by atoms with E-state index in [1.807, 2.05) is 0 Å². The molecule has 16 heavy (non-hydrogen) atoms. The van der Waals surface area contributed by atoms with Gasteiger partial charge in [0.2, 0.25) is 0 Å². The molecule has 1 N–H and O–H groups in total. The van der Waals surface area contributed by atoms with E-state index in [4.69, 9.17) is 4.74 Å². The van der Waals surface area contributed by atoms with Gasteiger partial charge in [-0.1, -0.05) is 6.07 Å². The lowest BCUT2D eigenvalue weighted by Crippen LogP contribution is -2.24. The second-order valence-corrected chi connectivity index (χ2v) is 4.28. The third-order valence-electron chi connectivity index (χ3n) is 2.11. The highest BCUT2D eigenvalue weighted by molar-refractivity contribution is 7.20. The van der Waals surface area contributed by atoms with Crippen LogP contribution in [0.1, 0.15) is 9.67 Å². The van der Waals surface area contributed by atoms with E-state index in [-0.39, 0.29) is 18.5 Å². The van der Waals surface area contributed by atoms with Crippen molar-refractivity contribution in [3.8, 4) is 0 Å². The Labute approximate surface area is 95.8 Å². The lowest BCUT2D eigenvalue weighted by atomic mass is 10.2. The largest absolute Gasteiger partial charge is 0.364 e. The molecule has 1 aromatic carbocycles. The highest BCUT2D eigenvalue weighted by atomic mass is 32.1. The Morgan fingerprint density at radius 3 is 3.06 bits per heavy atom. The molecular weight excluding hydrogens is 229 g/mol. The molecule has 0 saturated carbocycles. The van der Waals surface area contributed by atoms with Crippen molar-refractivity contribution in [2.75, 3.05) is 13.8 Å². The van der Waals surface area contributed by atoms with Crippen LogP contribution in [-0.4, -0.2) is 19.7 Å². The van der Waals surface area contributed by atoms with Gasteiger partial charge in [0, 0.05) is 17.2 Å². The predicted molar refractivity (Wildman–Crippen MR) is 61.1 cm³/mol. The van der Waals surface area contributed by atoms with Crippen LogP contribution in [0.5, 0.6) is 0 Å². The van der Waals surface area contributed by atoms with Gasteiger partial charge in [-0.3, -0.25) is 4.79 Å². The van der Waals surface area contributed by atoms with Gasteiger partial charge in [-0.15, -0.1) is 11.3 Å². The zero-order chi connectivity index (χ0) is 11.5. The number of thiophene rings is 1. The average Bonchev–Trinajstić information content (AvgIpc) is 2.71. The van der Waals surface area contributed by atoms with Crippen LogP contribution < -0.4 is 5.32 Å². The van der Waals surface area contributed by atoms with Gasteiger partial charge >= 0.3 is 0 Å². The molecule has 0 spiro atoms. The van der Waals surface area contributed by atoms with E-state index < -0.39 is 0 Å². The highest BCUT2D eigenvalue weighted by Gasteiger charge is 2.11. The van der Waals surface area contributed by atoms with Crippen molar-refractivity contribution >= 4 is 27.3 Å². The molecule has 1 aromatic heterocycles. The Morgan fingerprint density at radius 2 is 2.38 bits per heavy atom. The standard InChI is InChI=1S/C11H10FNO2S/c1-15-6-13-11(14)10-5-7-8(12)3-2-4-9(7)16-10/h2-5H,6H2,1H3,(H,13,14). The molecule has 0 radical (unpaired) electrons. The van der Waals surface area contributed by atoms with Crippen LogP contribution in [0.2, 0.25) is 0 Å². The monoisotopic (exact) mass is 239 g/mol. The Bertz CT molecular complexity index is 524. The number of rotatable bonds is 3. The fourth-order valence-electron chi connectivity index (χ4n) is 1.36. The van der Waals surface area contributed by atoms with E-state index in [0.29, 0.717) is 10.3 Å². The van der Waals surface area contributed by atoms with Gasteiger partial charge in [-0.05, 0) is 18.2 Å². The number of carbonyl (C=O) groups excluding carboxylic acids is 1. The van der Waals surface area contributed by atoms with Gasteiger partial charge in [0.25, 0.3) is 5.91 Å². The van der Waals surface area contributed by atoms with Gasteiger partial charge in [0.05, 0.1) is 4.88 Å². The van der Waals surface area contributed by atoms with E-state index in [1.165, 1.54) is 24.5 Å². The van der Waals surface area contributed by atoms with Crippen LogP contribution in [-0.2, 0) is 4.74 Å². The van der Waals surface area contributed by atoms with Crippen LogP contribution >= 0.6 is 11.3 Å². The van der Waals surface area contributed by atoms with E-state index in [9.17, 15) is 9.18 Å². The molecule has 0 aliphatic heterocycles. The summed E-state index contributed by atoms with van der Waals surface area (Å²) in [4.78, 5) is 12.1. The van der Waals surface area contributed by atoms with E-state index in [1.54, 1.807) is 18.2 Å². The summed E-state index contributed by atoms with van der Waals surface area (Å²) < 4.78 is 18.9. The molecule has 2 aromatic rings. The summed E-state index contributed by atoms with van der Waals surface area (Å²) >= 11 is 1.26. The van der Waals surface area contributed by atoms with E-state index in [2.05, 4.69) is 5.32 Å². The molecule has 0 aliphatic rings. The highest BCUT2D eigenvalue weighted by Crippen LogP contribution is 2.27. The van der Waals surface area contributed by atoms with Gasteiger partial charge in [-0.25, -0.2) is 4.39 Å². The molecule has 0 unspecified atom stereocenters. The van der Waals surface area contributed by atoms with Crippen LogP contribution in [0.4, 0.5) is 4.39 Å². The van der Waals surface area contributed by atoms with E-state index in [0.717, 1.165) is 4.70 Å². The molecule has 0 saturated heterocycles. The smallest absolute Gasteiger partial charge is 0.263 e. The fourth-order valence-corrected chi connectivity index (χ4v) is 2.35. The predicted octanol–water partition coefficient (Wildman–Crippen LogP) is 2.37. The SMILES string of the molecule is COCNC(=O)c1cc2c(F)cccc2s1. The first-order chi connectivity index (χ1) is 7.72. The second-order valence-electron chi connectivity index (χ2n) is 3.20. The fraction of sp³-hybridized carbons (Fsp3) is 0.182. The molecule has 5 heteroatoms. The van der Waals surface area contributed by atoms with Crippen molar-refractivity contribution in [1.82, 2.24) is 5.32 Å². The number of amides is 1. The average molecular weight is 239 g/mol. The Balaban J connectivity index is 2.32. The third-order valence-corrected chi connectivity index (χ3v) is 3.21. The first kappa shape index (κ1) is 11.0. The quantitative estimate of drug-likeness (QED) is 0.835. The summed E-state index contributed by atoms with van der Waals surface area (Å²) in [6, 6.07) is 6.35. The number of hydrogen-bond donors (Lipinski definition) is 1. The molecule has 0 fully saturated rings. The Hall–Kier alpha value is -1.46. The number of benzene rings is 1. The molecule has 84 valence electrons. The molecule has 2 rings (SSSR count). The van der Waals surface area contributed by atoms with Crippen molar-refractivity contribution < 1.29 is 13.9 Å². The minimum Gasteiger partial charge on any atom is -0.364 e. The maximum absolute atomic E-state index is 13.4. The maximum Gasteiger partial charge on any atom is 0.263 e. The number of carbonyl (C=O) groups is 1.